The van der Waals surface area contributed by atoms with Crippen LogP contribution in [-0.2, 0) is 0 Å². The number of carbonyl (C=O) groups excluding carboxylic acids is 1. The van der Waals surface area contributed by atoms with Gasteiger partial charge in [0.1, 0.15) is 5.69 Å². The number of benzene rings is 1. The van der Waals surface area contributed by atoms with E-state index in [0.29, 0.717) is 15.6 Å². The Kier molecular flexibility index (Phi) is 3.84. The van der Waals surface area contributed by atoms with Gasteiger partial charge in [-0.2, -0.15) is 0 Å². The van der Waals surface area contributed by atoms with Gasteiger partial charge in [0, 0.05) is 10.4 Å². The first-order valence-electron chi connectivity index (χ1n) is 5.24. The van der Waals surface area contributed by atoms with Crippen LogP contribution in [0.4, 0.5) is 0 Å². The molecule has 1 aromatic carbocycles. The lowest BCUT2D eigenvalue weighted by molar-refractivity contribution is 0.0953. The second-order valence-corrected chi connectivity index (χ2v) is 4.65. The SMILES string of the molecule is C=C(Cl)CNC(=O)c1cc(Cl)c2ccccc2n1. The van der Waals surface area contributed by atoms with Crippen molar-refractivity contribution in [1.82, 2.24) is 10.3 Å². The van der Waals surface area contributed by atoms with Gasteiger partial charge in [0.15, 0.2) is 0 Å². The number of hydrogen-bond donors (Lipinski definition) is 1. The van der Waals surface area contributed by atoms with Crippen LogP contribution in [0.25, 0.3) is 10.9 Å². The number of nitrogens with one attached hydrogen (secondary N) is 1. The molecule has 0 fully saturated rings. The minimum atomic E-state index is -0.329. The summed E-state index contributed by atoms with van der Waals surface area (Å²) in [5.74, 6) is -0.329. The molecule has 0 unspecified atom stereocenters. The fraction of sp³-hybridized carbons (Fsp3) is 0.0769. The maximum Gasteiger partial charge on any atom is 0.270 e. The summed E-state index contributed by atoms with van der Waals surface area (Å²) in [6, 6.07) is 8.91. The zero-order chi connectivity index (χ0) is 13.1. The Labute approximate surface area is 114 Å². The molecule has 2 aromatic rings. The third kappa shape index (κ3) is 2.81. The van der Waals surface area contributed by atoms with Crippen molar-refractivity contribution in [3.8, 4) is 0 Å². The van der Waals surface area contributed by atoms with Crippen LogP contribution in [0.5, 0.6) is 0 Å². The topological polar surface area (TPSA) is 42.0 Å². The van der Waals surface area contributed by atoms with Crippen molar-refractivity contribution >= 4 is 40.0 Å². The van der Waals surface area contributed by atoms with E-state index in [1.807, 2.05) is 18.2 Å². The molecule has 5 heteroatoms. The van der Waals surface area contributed by atoms with Gasteiger partial charge in [0.05, 0.1) is 17.1 Å². The first kappa shape index (κ1) is 12.9. The van der Waals surface area contributed by atoms with E-state index >= 15 is 0 Å². The highest BCUT2D eigenvalue weighted by Gasteiger charge is 2.10. The summed E-state index contributed by atoms with van der Waals surface area (Å²) in [7, 11) is 0. The molecule has 0 saturated heterocycles. The fourth-order valence-corrected chi connectivity index (χ4v) is 1.85. The lowest BCUT2D eigenvalue weighted by atomic mass is 10.2. The molecule has 0 spiro atoms. The Balaban J connectivity index is 2.34. The zero-order valence-electron chi connectivity index (χ0n) is 9.41. The largest absolute Gasteiger partial charge is 0.346 e. The molecule has 0 aliphatic rings. The Bertz CT molecular complexity index is 625. The number of carbonyl (C=O) groups is 1. The van der Waals surface area contributed by atoms with Crippen molar-refractivity contribution < 1.29 is 4.79 Å². The molecule has 0 saturated carbocycles. The molecule has 0 aliphatic carbocycles. The van der Waals surface area contributed by atoms with Crippen molar-refractivity contribution in [3.05, 3.63) is 52.7 Å². The van der Waals surface area contributed by atoms with Crippen molar-refractivity contribution in [2.24, 2.45) is 0 Å². The maximum absolute atomic E-state index is 11.8. The Morgan fingerprint density at radius 3 is 2.83 bits per heavy atom. The molecule has 18 heavy (non-hydrogen) atoms. The molecule has 3 nitrogen and oxygen atoms in total. The zero-order valence-corrected chi connectivity index (χ0v) is 10.9. The smallest absolute Gasteiger partial charge is 0.270 e. The lowest BCUT2D eigenvalue weighted by Gasteiger charge is -2.06. The van der Waals surface area contributed by atoms with Crippen LogP contribution in [0.2, 0.25) is 5.02 Å². The molecule has 0 atom stereocenters. The third-order valence-electron chi connectivity index (χ3n) is 2.34. The summed E-state index contributed by atoms with van der Waals surface area (Å²) in [4.78, 5) is 16.1. The fourth-order valence-electron chi connectivity index (χ4n) is 1.52. The number of nitrogens with zero attached hydrogens (tertiary/aromatic N) is 1. The van der Waals surface area contributed by atoms with Crippen LogP contribution in [-0.4, -0.2) is 17.4 Å². The first-order valence-corrected chi connectivity index (χ1v) is 6.00. The average molecular weight is 281 g/mol. The van der Waals surface area contributed by atoms with Gasteiger partial charge in [0.25, 0.3) is 5.91 Å². The van der Waals surface area contributed by atoms with E-state index < -0.39 is 0 Å². The molecule has 0 bridgehead atoms. The van der Waals surface area contributed by atoms with E-state index in [2.05, 4.69) is 16.9 Å². The number of rotatable bonds is 3. The number of hydrogen-bond acceptors (Lipinski definition) is 2. The van der Waals surface area contributed by atoms with Crippen LogP contribution in [0.3, 0.4) is 0 Å². The van der Waals surface area contributed by atoms with Gasteiger partial charge in [-0.1, -0.05) is 48.0 Å². The van der Waals surface area contributed by atoms with Gasteiger partial charge in [-0.05, 0) is 12.1 Å². The van der Waals surface area contributed by atoms with Crippen LogP contribution in [0.15, 0.2) is 41.9 Å². The highest BCUT2D eigenvalue weighted by molar-refractivity contribution is 6.35. The molecule has 0 radical (unpaired) electrons. The average Bonchev–Trinajstić information content (AvgIpc) is 2.36. The van der Waals surface area contributed by atoms with Crippen LogP contribution < -0.4 is 5.32 Å². The summed E-state index contributed by atoms with van der Waals surface area (Å²) >= 11 is 11.7. The Hall–Kier alpha value is -1.58. The number of halogens is 2. The van der Waals surface area contributed by atoms with Crippen molar-refractivity contribution in [2.75, 3.05) is 6.54 Å². The highest BCUT2D eigenvalue weighted by Crippen LogP contribution is 2.22. The highest BCUT2D eigenvalue weighted by atomic mass is 35.5. The molecule has 92 valence electrons. The Morgan fingerprint density at radius 2 is 2.11 bits per heavy atom. The van der Waals surface area contributed by atoms with E-state index in [9.17, 15) is 4.79 Å². The predicted molar refractivity (Wildman–Crippen MR) is 74.1 cm³/mol. The second-order valence-electron chi connectivity index (χ2n) is 3.71. The van der Waals surface area contributed by atoms with Crippen LogP contribution in [0.1, 0.15) is 10.5 Å². The van der Waals surface area contributed by atoms with Gasteiger partial charge in [-0.15, -0.1) is 0 Å². The van der Waals surface area contributed by atoms with Gasteiger partial charge in [-0.25, -0.2) is 4.98 Å². The lowest BCUT2D eigenvalue weighted by Crippen LogP contribution is -2.25. The molecule has 2 rings (SSSR count). The summed E-state index contributed by atoms with van der Waals surface area (Å²) in [6.07, 6.45) is 0. The number of fused-ring (bicyclic) bond motifs is 1. The Morgan fingerprint density at radius 1 is 1.39 bits per heavy atom. The van der Waals surface area contributed by atoms with Gasteiger partial charge in [-0.3, -0.25) is 4.79 Å². The summed E-state index contributed by atoms with van der Waals surface area (Å²) in [5, 5.41) is 4.27. The molecule has 1 heterocycles. The number of para-hydroxylation sites is 1. The number of aromatic nitrogens is 1. The first-order chi connectivity index (χ1) is 8.58. The van der Waals surface area contributed by atoms with Gasteiger partial charge >= 0.3 is 0 Å². The summed E-state index contributed by atoms with van der Waals surface area (Å²) in [6.45, 7) is 3.69. The predicted octanol–water partition coefficient (Wildman–Crippen LogP) is 3.37. The number of pyridine rings is 1. The van der Waals surface area contributed by atoms with Crippen molar-refractivity contribution in [1.29, 1.82) is 0 Å². The maximum atomic E-state index is 11.8. The number of amides is 1. The molecular formula is C13H10Cl2N2O. The molecular weight excluding hydrogens is 271 g/mol. The van der Waals surface area contributed by atoms with E-state index in [1.54, 1.807) is 6.07 Å². The molecule has 1 amide bonds. The van der Waals surface area contributed by atoms with E-state index in [0.717, 1.165) is 5.39 Å². The van der Waals surface area contributed by atoms with Crippen molar-refractivity contribution in [2.45, 2.75) is 0 Å². The standard InChI is InChI=1S/C13H10Cl2N2O/c1-8(14)7-16-13(18)12-6-10(15)9-4-2-3-5-11(9)17-12/h2-6H,1,7H2,(H,16,18). The van der Waals surface area contributed by atoms with E-state index in [4.69, 9.17) is 23.2 Å². The van der Waals surface area contributed by atoms with Gasteiger partial charge in [0.2, 0.25) is 0 Å². The minimum absolute atomic E-state index is 0.201. The molecule has 0 aliphatic heterocycles. The van der Waals surface area contributed by atoms with Crippen molar-refractivity contribution in [3.63, 3.8) is 0 Å². The third-order valence-corrected chi connectivity index (χ3v) is 2.79. The quantitative estimate of drug-likeness (QED) is 0.937. The molecule has 1 N–H and O–H groups in total. The summed E-state index contributed by atoms with van der Waals surface area (Å²) in [5.41, 5.74) is 0.941. The van der Waals surface area contributed by atoms with Crippen LogP contribution in [0, 0.1) is 0 Å². The minimum Gasteiger partial charge on any atom is -0.346 e. The van der Waals surface area contributed by atoms with E-state index in [1.165, 1.54) is 6.07 Å². The van der Waals surface area contributed by atoms with Gasteiger partial charge < -0.3 is 5.32 Å². The van der Waals surface area contributed by atoms with Crippen LogP contribution >= 0.6 is 23.2 Å². The summed E-state index contributed by atoms with van der Waals surface area (Å²) < 4.78 is 0. The normalized spacial score (nSPS) is 10.3. The molecule has 1 aromatic heterocycles. The monoisotopic (exact) mass is 280 g/mol. The second kappa shape index (κ2) is 5.38. The van der Waals surface area contributed by atoms with E-state index in [-0.39, 0.29) is 18.1 Å².